The molecule has 1 aliphatic heterocycles. The van der Waals surface area contributed by atoms with Crippen molar-refractivity contribution in [2.24, 2.45) is 5.92 Å². The molecule has 0 bridgehead atoms. The number of sulfone groups is 1. The van der Waals surface area contributed by atoms with Crippen LogP contribution in [0.25, 0.3) is 0 Å². The van der Waals surface area contributed by atoms with Gasteiger partial charge in [-0.15, -0.1) is 0 Å². The van der Waals surface area contributed by atoms with Crippen molar-refractivity contribution in [2.75, 3.05) is 25.9 Å². The summed E-state index contributed by atoms with van der Waals surface area (Å²) in [5, 5.41) is 1.29. The zero-order chi connectivity index (χ0) is 19.9. The van der Waals surface area contributed by atoms with Crippen molar-refractivity contribution < 1.29 is 13.2 Å². The summed E-state index contributed by atoms with van der Waals surface area (Å²) in [6.07, 6.45) is 4.38. The third-order valence-electron chi connectivity index (χ3n) is 5.60. The van der Waals surface area contributed by atoms with Crippen LogP contribution in [0.2, 0.25) is 10.0 Å². The standard InChI is InChI=1S/C21H23Cl2NO3S/c1-28(25,26)17-6-4-16(5-7-17)27-21-14(13-24-8-2-3-9-24)10-18-19(21)11-15(22)12-20(18)23/h4-7,11-12,14,21H,2-3,8-10,13H2,1H3/t14-,21+/m0/s1. The molecule has 4 nitrogen and oxygen atoms in total. The summed E-state index contributed by atoms with van der Waals surface area (Å²) in [5.74, 6) is 0.923. The van der Waals surface area contributed by atoms with Gasteiger partial charge in [-0.25, -0.2) is 8.42 Å². The Morgan fingerprint density at radius 2 is 1.79 bits per heavy atom. The lowest BCUT2D eigenvalue weighted by atomic mass is 10.0. The van der Waals surface area contributed by atoms with Gasteiger partial charge in [0.05, 0.1) is 4.90 Å². The highest BCUT2D eigenvalue weighted by atomic mass is 35.5. The lowest BCUT2D eigenvalue weighted by Crippen LogP contribution is -2.30. The summed E-state index contributed by atoms with van der Waals surface area (Å²) in [5.41, 5.74) is 2.14. The van der Waals surface area contributed by atoms with Crippen molar-refractivity contribution >= 4 is 33.0 Å². The Morgan fingerprint density at radius 3 is 2.43 bits per heavy atom. The highest BCUT2D eigenvalue weighted by molar-refractivity contribution is 7.90. The van der Waals surface area contributed by atoms with E-state index < -0.39 is 9.84 Å². The maximum atomic E-state index is 11.7. The predicted octanol–water partition coefficient (Wildman–Crippen LogP) is 4.79. The first kappa shape index (κ1) is 20.0. The fraction of sp³-hybridized carbons (Fsp3) is 0.429. The SMILES string of the molecule is CS(=O)(=O)c1ccc(O[C@H]2c3cc(Cl)cc(Cl)c3C[C@H]2CN2CCCC2)cc1. The smallest absolute Gasteiger partial charge is 0.175 e. The monoisotopic (exact) mass is 439 g/mol. The quantitative estimate of drug-likeness (QED) is 0.671. The van der Waals surface area contributed by atoms with E-state index in [0.717, 1.165) is 37.2 Å². The first-order chi connectivity index (χ1) is 13.3. The third-order valence-corrected chi connectivity index (χ3v) is 7.29. The molecule has 0 amide bonds. The van der Waals surface area contributed by atoms with E-state index in [1.165, 1.54) is 19.1 Å². The molecule has 0 aromatic heterocycles. The average Bonchev–Trinajstić information content (AvgIpc) is 3.25. The van der Waals surface area contributed by atoms with Gasteiger partial charge in [0.15, 0.2) is 9.84 Å². The molecule has 1 saturated heterocycles. The second-order valence-electron chi connectivity index (χ2n) is 7.71. The van der Waals surface area contributed by atoms with E-state index in [4.69, 9.17) is 27.9 Å². The molecule has 0 spiro atoms. The van der Waals surface area contributed by atoms with Crippen LogP contribution in [0.15, 0.2) is 41.3 Å². The molecular formula is C21H23Cl2NO3S. The molecule has 2 aromatic carbocycles. The zero-order valence-electron chi connectivity index (χ0n) is 15.7. The van der Waals surface area contributed by atoms with E-state index in [9.17, 15) is 8.42 Å². The first-order valence-electron chi connectivity index (χ1n) is 9.48. The zero-order valence-corrected chi connectivity index (χ0v) is 18.0. The number of hydrogen-bond donors (Lipinski definition) is 0. The van der Waals surface area contributed by atoms with Gasteiger partial charge >= 0.3 is 0 Å². The number of likely N-dealkylation sites (tertiary alicyclic amines) is 1. The molecule has 0 unspecified atom stereocenters. The molecule has 0 N–H and O–H groups in total. The van der Waals surface area contributed by atoms with Crippen LogP contribution in [0.1, 0.15) is 30.1 Å². The molecule has 2 aliphatic rings. The van der Waals surface area contributed by atoms with E-state index in [2.05, 4.69) is 4.90 Å². The lowest BCUT2D eigenvalue weighted by Gasteiger charge is -2.26. The highest BCUT2D eigenvalue weighted by Crippen LogP contribution is 2.44. The molecule has 1 heterocycles. The summed E-state index contributed by atoms with van der Waals surface area (Å²) < 4.78 is 29.8. The van der Waals surface area contributed by atoms with Crippen LogP contribution < -0.4 is 4.74 Å². The molecule has 7 heteroatoms. The topological polar surface area (TPSA) is 46.6 Å². The van der Waals surface area contributed by atoms with Gasteiger partial charge in [0.1, 0.15) is 11.9 Å². The van der Waals surface area contributed by atoms with Gasteiger partial charge in [0.2, 0.25) is 0 Å². The molecule has 0 radical (unpaired) electrons. The van der Waals surface area contributed by atoms with Crippen LogP contribution in [0.5, 0.6) is 5.75 Å². The minimum absolute atomic E-state index is 0.157. The fourth-order valence-electron chi connectivity index (χ4n) is 4.24. The lowest BCUT2D eigenvalue weighted by molar-refractivity contribution is 0.121. The van der Waals surface area contributed by atoms with E-state index in [1.807, 2.05) is 6.07 Å². The van der Waals surface area contributed by atoms with Crippen LogP contribution in [0, 0.1) is 5.92 Å². The molecule has 0 saturated carbocycles. The second-order valence-corrected chi connectivity index (χ2v) is 10.6. The van der Waals surface area contributed by atoms with E-state index in [0.29, 0.717) is 15.8 Å². The Morgan fingerprint density at radius 1 is 1.11 bits per heavy atom. The van der Waals surface area contributed by atoms with Crippen molar-refractivity contribution in [1.82, 2.24) is 4.90 Å². The Hall–Kier alpha value is -1.27. The molecule has 4 rings (SSSR count). The summed E-state index contributed by atoms with van der Waals surface area (Å²) in [4.78, 5) is 2.77. The van der Waals surface area contributed by atoms with Crippen LogP contribution >= 0.6 is 23.2 Å². The second kappa shape index (κ2) is 7.86. The highest BCUT2D eigenvalue weighted by Gasteiger charge is 2.37. The molecule has 28 heavy (non-hydrogen) atoms. The fourth-order valence-corrected chi connectivity index (χ4v) is 5.46. The van der Waals surface area contributed by atoms with Crippen LogP contribution in [-0.4, -0.2) is 39.2 Å². The predicted molar refractivity (Wildman–Crippen MR) is 112 cm³/mol. The van der Waals surface area contributed by atoms with Crippen LogP contribution in [0.3, 0.4) is 0 Å². The van der Waals surface area contributed by atoms with Crippen molar-refractivity contribution in [3.05, 3.63) is 57.6 Å². The molecular weight excluding hydrogens is 417 g/mol. The average molecular weight is 440 g/mol. The summed E-state index contributed by atoms with van der Waals surface area (Å²) in [6, 6.07) is 10.3. The van der Waals surface area contributed by atoms with Crippen molar-refractivity contribution in [1.29, 1.82) is 0 Å². The minimum atomic E-state index is -3.23. The summed E-state index contributed by atoms with van der Waals surface area (Å²) >= 11 is 12.7. The summed E-state index contributed by atoms with van der Waals surface area (Å²) in [6.45, 7) is 3.20. The van der Waals surface area contributed by atoms with E-state index >= 15 is 0 Å². The van der Waals surface area contributed by atoms with Gasteiger partial charge < -0.3 is 9.64 Å². The van der Waals surface area contributed by atoms with Crippen molar-refractivity contribution in [2.45, 2.75) is 30.3 Å². The molecule has 150 valence electrons. The van der Waals surface area contributed by atoms with E-state index in [-0.39, 0.29) is 16.9 Å². The van der Waals surface area contributed by atoms with E-state index in [1.54, 1.807) is 30.3 Å². The van der Waals surface area contributed by atoms with Crippen molar-refractivity contribution in [3.63, 3.8) is 0 Å². The van der Waals surface area contributed by atoms with Crippen LogP contribution in [-0.2, 0) is 16.3 Å². The minimum Gasteiger partial charge on any atom is -0.485 e. The number of benzene rings is 2. The number of rotatable bonds is 5. The van der Waals surface area contributed by atoms with Gasteiger partial charge in [0.25, 0.3) is 0 Å². The Labute approximate surface area is 176 Å². The first-order valence-corrected chi connectivity index (χ1v) is 12.1. The Bertz CT molecular complexity index is 970. The molecule has 2 aromatic rings. The number of fused-ring (bicyclic) bond motifs is 1. The Kier molecular flexibility index (Phi) is 5.62. The Balaban J connectivity index is 1.63. The van der Waals surface area contributed by atoms with Crippen molar-refractivity contribution in [3.8, 4) is 5.75 Å². The number of nitrogens with zero attached hydrogens (tertiary/aromatic N) is 1. The number of halogens is 2. The largest absolute Gasteiger partial charge is 0.485 e. The maximum Gasteiger partial charge on any atom is 0.175 e. The van der Waals surface area contributed by atoms with Gasteiger partial charge in [-0.3, -0.25) is 0 Å². The van der Waals surface area contributed by atoms with Crippen LogP contribution in [0.4, 0.5) is 0 Å². The maximum absolute atomic E-state index is 11.7. The van der Waals surface area contributed by atoms with Gasteiger partial charge in [0, 0.05) is 28.8 Å². The normalized spacial score (nSPS) is 22.4. The van der Waals surface area contributed by atoms with Gasteiger partial charge in [-0.05, 0) is 79.9 Å². The molecule has 2 atom stereocenters. The third kappa shape index (κ3) is 4.18. The number of hydrogen-bond acceptors (Lipinski definition) is 4. The molecule has 1 fully saturated rings. The van der Waals surface area contributed by atoms with Gasteiger partial charge in [-0.2, -0.15) is 0 Å². The summed E-state index contributed by atoms with van der Waals surface area (Å²) in [7, 11) is -3.23. The molecule has 1 aliphatic carbocycles. The van der Waals surface area contributed by atoms with Gasteiger partial charge in [-0.1, -0.05) is 23.2 Å². The number of ether oxygens (including phenoxy) is 1.